The topological polar surface area (TPSA) is 189 Å². The van der Waals surface area contributed by atoms with Crippen LogP contribution >= 0.6 is 18.9 Å². The Morgan fingerprint density at radius 1 is 1.13 bits per heavy atom. The van der Waals surface area contributed by atoms with E-state index in [1.165, 1.54) is 14.0 Å². The van der Waals surface area contributed by atoms with Gasteiger partial charge in [0.25, 0.3) is 0 Å². The molecule has 1 aliphatic carbocycles. The summed E-state index contributed by atoms with van der Waals surface area (Å²) in [5, 5.41) is 39.1. The number of unbranched alkanes of at least 4 members (excludes halogenated alkanes) is 1. The van der Waals surface area contributed by atoms with Crippen molar-refractivity contribution >= 4 is 41.8 Å². The number of methoxy groups -OCH3 is 2. The SMILES string of the molecule is COC[C@H]1C[C@@H](NC(=S)NCCCCO[C@@H]2O[C@H](CO)[C@H](O)[C@H](O)[C@H]2NC(C)=O)[C@@H](OC)C1OP(O)(=S)OC. The molecule has 0 bridgehead atoms. The number of ether oxygens (including phenoxy) is 4. The van der Waals surface area contributed by atoms with Crippen molar-refractivity contribution in [3.63, 3.8) is 0 Å². The van der Waals surface area contributed by atoms with Crippen LogP contribution in [0.3, 0.4) is 0 Å². The predicted molar refractivity (Wildman–Crippen MR) is 147 cm³/mol. The second-order valence-electron chi connectivity index (χ2n) is 9.39. The van der Waals surface area contributed by atoms with Gasteiger partial charge in [0.2, 0.25) is 5.91 Å². The normalized spacial score (nSPS) is 34.3. The van der Waals surface area contributed by atoms with Crippen molar-refractivity contribution in [3.8, 4) is 0 Å². The number of hydrogen-bond acceptors (Lipinski definition) is 12. The van der Waals surface area contributed by atoms with Crippen molar-refractivity contribution in [3.05, 3.63) is 0 Å². The molecule has 2 unspecified atom stereocenters. The van der Waals surface area contributed by atoms with Crippen LogP contribution in [0, 0.1) is 5.92 Å². The highest BCUT2D eigenvalue weighted by Crippen LogP contribution is 2.48. The standard InChI is InChI=1S/C22H42N3O11PS2/c1-12(27)24-16-18(29)17(28)15(10-26)35-21(16)34-8-6-5-7-23-22(38)25-14-9-13(11-31-2)19(20(14)32-3)36-37(30,39)33-4/h13-21,26,28-29H,5-11H2,1-4H3,(H,24,27)(H,30,39)(H2,23,25,38)/t13-,14-,15-,16-,17+,18-,19?,20-,21-,37?/m1/s1. The summed E-state index contributed by atoms with van der Waals surface area (Å²) in [4.78, 5) is 21.7. The zero-order valence-corrected chi connectivity index (χ0v) is 25.1. The fourth-order valence-corrected chi connectivity index (χ4v) is 5.95. The van der Waals surface area contributed by atoms with Gasteiger partial charge in [-0.2, -0.15) is 0 Å². The second-order valence-corrected chi connectivity index (χ2v) is 12.7. The lowest BCUT2D eigenvalue weighted by molar-refractivity contribution is -0.270. The molecule has 228 valence electrons. The van der Waals surface area contributed by atoms with Gasteiger partial charge in [-0.3, -0.25) is 4.79 Å². The summed E-state index contributed by atoms with van der Waals surface area (Å²) in [6, 6.07) is -1.20. The molecule has 0 spiro atoms. The first-order chi connectivity index (χ1) is 18.5. The smallest absolute Gasteiger partial charge is 0.324 e. The number of aliphatic hydroxyl groups excluding tert-OH is 3. The van der Waals surface area contributed by atoms with Gasteiger partial charge in [-0.1, -0.05) is 0 Å². The summed E-state index contributed by atoms with van der Waals surface area (Å²) in [6.07, 6.45) is -3.90. The van der Waals surface area contributed by atoms with Crippen LogP contribution in [0.2, 0.25) is 0 Å². The molecule has 1 saturated carbocycles. The monoisotopic (exact) mass is 619 g/mol. The fraction of sp³-hybridized carbons (Fsp3) is 0.909. The third-order valence-electron chi connectivity index (χ3n) is 6.59. The second kappa shape index (κ2) is 16.8. The Hall–Kier alpha value is -0.590. The average Bonchev–Trinajstić information content (AvgIpc) is 3.19. The van der Waals surface area contributed by atoms with Crippen molar-refractivity contribution in [2.24, 2.45) is 5.92 Å². The fourth-order valence-electron chi connectivity index (χ4n) is 4.71. The van der Waals surface area contributed by atoms with Gasteiger partial charge in [-0.15, -0.1) is 0 Å². The lowest BCUT2D eigenvalue weighted by Crippen LogP contribution is -2.64. The maximum atomic E-state index is 11.5. The summed E-state index contributed by atoms with van der Waals surface area (Å²) in [5.41, 5.74) is 0. The van der Waals surface area contributed by atoms with Gasteiger partial charge in [0.1, 0.15) is 36.6 Å². The maximum absolute atomic E-state index is 11.5. The van der Waals surface area contributed by atoms with Gasteiger partial charge in [-0.25, -0.2) is 0 Å². The van der Waals surface area contributed by atoms with Gasteiger partial charge < -0.3 is 64.2 Å². The Morgan fingerprint density at radius 3 is 2.44 bits per heavy atom. The van der Waals surface area contributed by atoms with E-state index < -0.39 is 62.1 Å². The number of aliphatic hydroxyl groups is 3. The molecule has 10 atom stereocenters. The van der Waals surface area contributed by atoms with Crippen LogP contribution in [0.4, 0.5) is 0 Å². The quantitative estimate of drug-likeness (QED) is 0.0636. The van der Waals surface area contributed by atoms with Gasteiger partial charge in [0, 0.05) is 47.3 Å². The molecule has 1 heterocycles. The Bertz CT molecular complexity index is 832. The van der Waals surface area contributed by atoms with Crippen molar-refractivity contribution in [1.29, 1.82) is 0 Å². The first-order valence-corrected chi connectivity index (χ1v) is 15.6. The van der Waals surface area contributed by atoms with E-state index in [2.05, 4.69) is 16.0 Å². The number of nitrogens with one attached hydrogen (secondary N) is 3. The van der Waals surface area contributed by atoms with E-state index in [0.717, 1.165) is 0 Å². The van der Waals surface area contributed by atoms with E-state index in [-0.39, 0.29) is 18.6 Å². The highest BCUT2D eigenvalue weighted by molar-refractivity contribution is 8.07. The van der Waals surface area contributed by atoms with Crippen LogP contribution in [0.15, 0.2) is 0 Å². The summed E-state index contributed by atoms with van der Waals surface area (Å²) in [5.74, 6) is -0.517. The van der Waals surface area contributed by atoms with Crippen molar-refractivity contribution in [1.82, 2.24) is 16.0 Å². The zero-order valence-electron chi connectivity index (χ0n) is 22.6. The molecule has 2 fully saturated rings. The zero-order chi connectivity index (χ0) is 29.2. The van der Waals surface area contributed by atoms with E-state index >= 15 is 0 Å². The number of rotatable bonds is 15. The minimum atomic E-state index is -3.42. The number of hydrogen-bond donors (Lipinski definition) is 7. The molecule has 0 aromatic carbocycles. The minimum Gasteiger partial charge on any atom is -0.394 e. The Morgan fingerprint density at radius 2 is 1.85 bits per heavy atom. The van der Waals surface area contributed by atoms with Crippen LogP contribution < -0.4 is 16.0 Å². The minimum absolute atomic E-state index is 0.101. The molecule has 1 amide bonds. The van der Waals surface area contributed by atoms with Crippen molar-refractivity contribution in [2.75, 3.05) is 47.7 Å². The molecule has 0 radical (unpaired) electrons. The highest BCUT2D eigenvalue weighted by atomic mass is 32.5. The molecule has 2 rings (SSSR count). The highest BCUT2D eigenvalue weighted by Gasteiger charge is 2.47. The van der Waals surface area contributed by atoms with Crippen LogP contribution in [-0.2, 0) is 44.6 Å². The largest absolute Gasteiger partial charge is 0.394 e. The molecule has 39 heavy (non-hydrogen) atoms. The van der Waals surface area contributed by atoms with Crippen LogP contribution in [0.1, 0.15) is 26.2 Å². The number of thiocarbonyl (C=S) groups is 1. The first kappa shape index (κ1) is 34.6. The molecule has 1 saturated heterocycles. The Balaban J connectivity index is 1.79. The van der Waals surface area contributed by atoms with Crippen LogP contribution in [0.5, 0.6) is 0 Å². The molecule has 2 aliphatic rings. The molecule has 1 aliphatic heterocycles. The average molecular weight is 620 g/mol. The molecule has 14 nitrogen and oxygen atoms in total. The number of amides is 1. The van der Waals surface area contributed by atoms with Gasteiger partial charge >= 0.3 is 6.72 Å². The van der Waals surface area contributed by atoms with E-state index in [1.807, 2.05) is 0 Å². The van der Waals surface area contributed by atoms with Gasteiger partial charge in [0.05, 0.1) is 19.3 Å². The van der Waals surface area contributed by atoms with Crippen molar-refractivity contribution in [2.45, 2.75) is 75.1 Å². The molecule has 7 N–H and O–H groups in total. The summed E-state index contributed by atoms with van der Waals surface area (Å²) < 4.78 is 32.9. The molecular weight excluding hydrogens is 577 g/mol. The summed E-state index contributed by atoms with van der Waals surface area (Å²) in [7, 11) is 4.42. The van der Waals surface area contributed by atoms with Gasteiger partial charge in [-0.05, 0) is 43.3 Å². The van der Waals surface area contributed by atoms with E-state index in [1.54, 1.807) is 14.2 Å². The summed E-state index contributed by atoms with van der Waals surface area (Å²) in [6.45, 7) is -1.50. The Kier molecular flexibility index (Phi) is 14.9. The van der Waals surface area contributed by atoms with E-state index in [0.29, 0.717) is 37.5 Å². The third kappa shape index (κ3) is 10.3. The maximum Gasteiger partial charge on any atom is 0.324 e. The van der Waals surface area contributed by atoms with Gasteiger partial charge in [0.15, 0.2) is 11.4 Å². The van der Waals surface area contributed by atoms with Crippen molar-refractivity contribution < 1.29 is 53.0 Å². The number of carbonyl (C=O) groups excluding carboxylic acids is 1. The Labute approximate surface area is 239 Å². The van der Waals surface area contributed by atoms with E-state index in [4.69, 9.17) is 52.0 Å². The molecule has 0 aromatic rings. The summed E-state index contributed by atoms with van der Waals surface area (Å²) >= 11 is 10.5. The van der Waals surface area contributed by atoms with Crippen LogP contribution in [-0.4, -0.2) is 128 Å². The first-order valence-electron chi connectivity index (χ1n) is 12.6. The molecule has 0 aromatic heterocycles. The number of carbonyl (C=O) groups is 1. The van der Waals surface area contributed by atoms with E-state index in [9.17, 15) is 25.0 Å². The van der Waals surface area contributed by atoms with Crippen LogP contribution in [0.25, 0.3) is 0 Å². The lowest BCUT2D eigenvalue weighted by atomic mass is 9.97. The molecule has 17 heteroatoms. The molecular formula is C22H42N3O11PS2. The lowest BCUT2D eigenvalue weighted by Gasteiger charge is -2.42. The predicted octanol–water partition coefficient (Wildman–Crippen LogP) is -1.51. The third-order valence-corrected chi connectivity index (χ3v) is 8.53.